The van der Waals surface area contributed by atoms with Crippen molar-refractivity contribution < 1.29 is 9.53 Å². The van der Waals surface area contributed by atoms with E-state index in [-0.39, 0.29) is 11.8 Å². The van der Waals surface area contributed by atoms with Crippen molar-refractivity contribution in [2.75, 3.05) is 18.1 Å². The first-order chi connectivity index (χ1) is 18.0. The van der Waals surface area contributed by atoms with Crippen molar-refractivity contribution in [1.29, 1.82) is 0 Å². The number of hydrogen-bond acceptors (Lipinski definition) is 3. The van der Waals surface area contributed by atoms with Crippen LogP contribution in [0.4, 0.5) is 5.69 Å². The maximum atomic E-state index is 13.1. The van der Waals surface area contributed by atoms with E-state index in [4.69, 9.17) is 9.72 Å². The number of ether oxygens (including phenoxy) is 1. The second-order valence-electron chi connectivity index (χ2n) is 10.1. The van der Waals surface area contributed by atoms with Gasteiger partial charge in [-0.1, -0.05) is 48.5 Å². The number of aryl methyl sites for hydroxylation is 3. The Morgan fingerprint density at radius 2 is 1.65 bits per heavy atom. The molecule has 1 amide bonds. The number of carbonyl (C=O) groups excluding carboxylic acids is 1. The van der Waals surface area contributed by atoms with Crippen LogP contribution < -0.4 is 9.64 Å². The molecule has 1 atom stereocenters. The Bertz CT molecular complexity index is 1580. The zero-order chi connectivity index (χ0) is 25.4. The van der Waals surface area contributed by atoms with Gasteiger partial charge in [-0.3, -0.25) is 4.79 Å². The van der Waals surface area contributed by atoms with E-state index in [1.807, 2.05) is 23.1 Å². The average molecular weight is 490 g/mol. The number of nitrogens with zero attached hydrogens (tertiary/aromatic N) is 3. The molecular weight excluding hydrogens is 458 g/mol. The molecule has 1 aliphatic rings. The quantitative estimate of drug-likeness (QED) is 0.236. The number of anilines is 1. The van der Waals surface area contributed by atoms with Gasteiger partial charge in [0.2, 0.25) is 5.91 Å². The highest BCUT2D eigenvalue weighted by Crippen LogP contribution is 2.34. The van der Waals surface area contributed by atoms with Crippen LogP contribution in [0.1, 0.15) is 35.7 Å². The smallest absolute Gasteiger partial charge is 0.227 e. The lowest BCUT2D eigenvalue weighted by Crippen LogP contribution is -2.24. The summed E-state index contributed by atoms with van der Waals surface area (Å²) >= 11 is 0. The lowest BCUT2D eigenvalue weighted by atomic mass is 10.1. The van der Waals surface area contributed by atoms with Gasteiger partial charge in [0.25, 0.3) is 0 Å². The lowest BCUT2D eigenvalue weighted by molar-refractivity contribution is -0.117. The molecule has 0 spiro atoms. The van der Waals surface area contributed by atoms with Crippen molar-refractivity contribution in [2.24, 2.45) is 0 Å². The molecule has 0 N–H and O–H groups in total. The molecule has 1 fully saturated rings. The van der Waals surface area contributed by atoms with E-state index in [9.17, 15) is 4.79 Å². The molecule has 4 aromatic carbocycles. The van der Waals surface area contributed by atoms with Crippen molar-refractivity contribution in [3.8, 4) is 5.75 Å². The summed E-state index contributed by atoms with van der Waals surface area (Å²) in [6, 6.07) is 29.1. The molecule has 37 heavy (non-hydrogen) atoms. The summed E-state index contributed by atoms with van der Waals surface area (Å²) in [5, 5.41) is 2.40. The number of imidazole rings is 1. The Balaban J connectivity index is 1.20. The molecule has 1 aliphatic heterocycles. The van der Waals surface area contributed by atoms with Gasteiger partial charge >= 0.3 is 0 Å². The second-order valence-corrected chi connectivity index (χ2v) is 10.1. The summed E-state index contributed by atoms with van der Waals surface area (Å²) in [5.41, 5.74) is 5.41. The normalized spacial score (nSPS) is 15.7. The van der Waals surface area contributed by atoms with Gasteiger partial charge in [0.1, 0.15) is 11.6 Å². The zero-order valence-electron chi connectivity index (χ0n) is 21.4. The first-order valence-corrected chi connectivity index (χ1v) is 13.0. The number of rotatable bonds is 7. The third-order valence-corrected chi connectivity index (χ3v) is 7.21. The molecule has 0 aliphatic carbocycles. The summed E-state index contributed by atoms with van der Waals surface area (Å²) in [5.74, 6) is 2.10. The van der Waals surface area contributed by atoms with Crippen LogP contribution in [0.2, 0.25) is 0 Å². The minimum Gasteiger partial charge on any atom is -0.494 e. The minimum absolute atomic E-state index is 0.0575. The molecule has 0 bridgehead atoms. The number of fused-ring (bicyclic) bond motifs is 2. The zero-order valence-corrected chi connectivity index (χ0v) is 21.4. The maximum Gasteiger partial charge on any atom is 0.227 e. The highest BCUT2D eigenvalue weighted by molar-refractivity contribution is 5.96. The Hall–Kier alpha value is -4.12. The molecule has 2 heterocycles. The topological polar surface area (TPSA) is 47.4 Å². The molecular formula is C32H31N3O2. The summed E-state index contributed by atoms with van der Waals surface area (Å²) in [6.45, 7) is 6.21. The highest BCUT2D eigenvalue weighted by Gasteiger charge is 2.35. The second kappa shape index (κ2) is 9.74. The van der Waals surface area contributed by atoms with E-state index in [0.717, 1.165) is 41.3 Å². The van der Waals surface area contributed by atoms with Crippen LogP contribution in [-0.2, 0) is 11.3 Å². The first kappa shape index (κ1) is 23.3. The largest absolute Gasteiger partial charge is 0.494 e. The van der Waals surface area contributed by atoms with Gasteiger partial charge in [0, 0.05) is 31.1 Å². The van der Waals surface area contributed by atoms with Crippen molar-refractivity contribution in [3.05, 3.63) is 102 Å². The van der Waals surface area contributed by atoms with Gasteiger partial charge in [-0.15, -0.1) is 0 Å². The lowest BCUT2D eigenvalue weighted by Gasteiger charge is -2.19. The van der Waals surface area contributed by atoms with Crippen molar-refractivity contribution in [1.82, 2.24) is 9.55 Å². The van der Waals surface area contributed by atoms with Crippen LogP contribution in [-0.4, -0.2) is 28.6 Å². The molecule has 186 valence electrons. The summed E-state index contributed by atoms with van der Waals surface area (Å²) in [6.07, 6.45) is 1.32. The summed E-state index contributed by atoms with van der Waals surface area (Å²) in [7, 11) is 0. The van der Waals surface area contributed by atoms with Gasteiger partial charge in [0.15, 0.2) is 0 Å². The van der Waals surface area contributed by atoms with E-state index in [2.05, 4.69) is 85.1 Å². The van der Waals surface area contributed by atoms with Crippen LogP contribution >= 0.6 is 0 Å². The van der Waals surface area contributed by atoms with Crippen molar-refractivity contribution in [3.63, 3.8) is 0 Å². The van der Waals surface area contributed by atoms with E-state index >= 15 is 0 Å². The van der Waals surface area contributed by atoms with Gasteiger partial charge in [0.05, 0.1) is 17.6 Å². The number of hydrogen-bond donors (Lipinski definition) is 0. The third-order valence-electron chi connectivity index (χ3n) is 7.21. The number of aromatic nitrogens is 2. The fourth-order valence-electron chi connectivity index (χ4n) is 5.55. The van der Waals surface area contributed by atoms with Gasteiger partial charge in [-0.25, -0.2) is 4.98 Å². The van der Waals surface area contributed by atoms with Crippen LogP contribution in [0.3, 0.4) is 0 Å². The predicted octanol–water partition coefficient (Wildman–Crippen LogP) is 6.80. The van der Waals surface area contributed by atoms with E-state index in [1.54, 1.807) is 0 Å². The van der Waals surface area contributed by atoms with E-state index < -0.39 is 0 Å². The van der Waals surface area contributed by atoms with Crippen LogP contribution in [0, 0.1) is 13.8 Å². The molecule has 5 nitrogen and oxygen atoms in total. The summed E-state index contributed by atoms with van der Waals surface area (Å²) < 4.78 is 8.40. The fourth-order valence-corrected chi connectivity index (χ4v) is 5.55. The van der Waals surface area contributed by atoms with Crippen molar-refractivity contribution in [2.45, 2.75) is 39.2 Å². The summed E-state index contributed by atoms with van der Waals surface area (Å²) in [4.78, 5) is 20.0. The molecule has 6 rings (SSSR count). The number of benzene rings is 4. The molecule has 0 saturated carbocycles. The fraction of sp³-hybridized carbons (Fsp3) is 0.250. The molecule has 1 aromatic heterocycles. The number of carbonyl (C=O) groups is 1. The molecule has 5 heteroatoms. The maximum absolute atomic E-state index is 13.1. The Morgan fingerprint density at radius 3 is 2.49 bits per heavy atom. The Labute approximate surface area is 217 Å². The number of amides is 1. The van der Waals surface area contributed by atoms with Crippen LogP contribution in [0.5, 0.6) is 5.75 Å². The van der Waals surface area contributed by atoms with E-state index in [1.165, 1.54) is 21.9 Å². The van der Waals surface area contributed by atoms with Crippen LogP contribution in [0.25, 0.3) is 21.8 Å². The number of para-hydroxylation sites is 2. The molecule has 1 unspecified atom stereocenters. The SMILES string of the molecule is Cc1cc(C)cc(N2CC(c3nc4ccccc4n3CCCOc3ccc4ccccc4c3)CC2=O)c1. The van der Waals surface area contributed by atoms with E-state index in [0.29, 0.717) is 19.6 Å². The monoisotopic (exact) mass is 489 g/mol. The van der Waals surface area contributed by atoms with Crippen molar-refractivity contribution >= 4 is 33.4 Å². The first-order valence-electron chi connectivity index (χ1n) is 13.0. The third kappa shape index (κ3) is 4.69. The van der Waals surface area contributed by atoms with Gasteiger partial charge < -0.3 is 14.2 Å². The molecule has 5 aromatic rings. The predicted molar refractivity (Wildman–Crippen MR) is 149 cm³/mol. The Morgan fingerprint density at radius 1 is 0.892 bits per heavy atom. The minimum atomic E-state index is 0.0575. The molecule has 1 saturated heterocycles. The average Bonchev–Trinajstić information content (AvgIpc) is 3.46. The standard InChI is InChI=1S/C32H31N3O2/c1-22-16-23(2)18-27(17-22)35-21-26(20-31(35)36)32-33-29-10-5-6-11-30(29)34(32)14-7-15-37-28-13-12-24-8-3-4-9-25(24)19-28/h3-6,8-13,16-19,26H,7,14-15,20-21H2,1-2H3. The molecule has 0 radical (unpaired) electrons. The van der Waals surface area contributed by atoms with Crippen LogP contribution in [0.15, 0.2) is 84.9 Å². The highest BCUT2D eigenvalue weighted by atomic mass is 16.5. The van der Waals surface area contributed by atoms with Gasteiger partial charge in [-0.2, -0.15) is 0 Å². The Kier molecular flexibility index (Phi) is 6.13. The van der Waals surface area contributed by atoms with Gasteiger partial charge in [-0.05, 0) is 78.6 Å².